The summed E-state index contributed by atoms with van der Waals surface area (Å²) in [5.74, 6) is 0.371. The van der Waals surface area contributed by atoms with Gasteiger partial charge in [-0.15, -0.1) is 0 Å². The summed E-state index contributed by atoms with van der Waals surface area (Å²) in [6.07, 6.45) is 1.11. The zero-order chi connectivity index (χ0) is 21.8. The Labute approximate surface area is 173 Å². The zero-order valence-corrected chi connectivity index (χ0v) is 18.8. The van der Waals surface area contributed by atoms with Crippen LogP contribution in [0.2, 0.25) is 0 Å². The van der Waals surface area contributed by atoms with E-state index < -0.39 is 16.1 Å². The first-order valence-corrected chi connectivity index (χ1v) is 11.4. The molecule has 29 heavy (non-hydrogen) atoms. The zero-order valence-electron chi connectivity index (χ0n) is 17.9. The molecule has 2 aromatic rings. The molecule has 0 bridgehead atoms. The molecule has 0 radical (unpaired) electrons. The lowest BCUT2D eigenvalue weighted by Crippen LogP contribution is -2.48. The average molecular weight is 419 g/mol. The molecule has 2 rings (SSSR count). The van der Waals surface area contributed by atoms with Gasteiger partial charge >= 0.3 is 0 Å². The van der Waals surface area contributed by atoms with E-state index in [1.165, 1.54) is 0 Å². The van der Waals surface area contributed by atoms with Gasteiger partial charge in [0.15, 0.2) is 0 Å². The predicted molar refractivity (Wildman–Crippen MR) is 117 cm³/mol. The fourth-order valence-electron chi connectivity index (χ4n) is 3.18. The molecular formula is C22H30N2O4S. The smallest absolute Gasteiger partial charge is 0.243 e. The van der Waals surface area contributed by atoms with Crippen LogP contribution in [0, 0.1) is 27.7 Å². The molecule has 0 aliphatic rings. The van der Waals surface area contributed by atoms with Crippen LogP contribution in [0.25, 0.3) is 0 Å². The number of amides is 1. The van der Waals surface area contributed by atoms with Gasteiger partial charge in [-0.05, 0) is 81.1 Å². The van der Waals surface area contributed by atoms with Crippen molar-refractivity contribution in [3.63, 3.8) is 0 Å². The van der Waals surface area contributed by atoms with Crippen LogP contribution in [0.15, 0.2) is 36.4 Å². The van der Waals surface area contributed by atoms with Gasteiger partial charge in [-0.3, -0.25) is 9.10 Å². The average Bonchev–Trinajstić information content (AvgIpc) is 2.59. The van der Waals surface area contributed by atoms with Gasteiger partial charge in [-0.25, -0.2) is 8.42 Å². The van der Waals surface area contributed by atoms with Gasteiger partial charge in [0, 0.05) is 0 Å². The summed E-state index contributed by atoms with van der Waals surface area (Å²) < 4.78 is 31.6. The minimum Gasteiger partial charge on any atom is -0.492 e. The highest BCUT2D eigenvalue weighted by Crippen LogP contribution is 2.23. The summed E-state index contributed by atoms with van der Waals surface area (Å²) in [4.78, 5) is 12.6. The van der Waals surface area contributed by atoms with Gasteiger partial charge in [0.25, 0.3) is 0 Å². The summed E-state index contributed by atoms with van der Waals surface area (Å²) >= 11 is 0. The lowest BCUT2D eigenvalue weighted by Gasteiger charge is -2.28. The molecule has 0 fully saturated rings. The molecule has 0 aliphatic carbocycles. The number of hydrogen-bond donors (Lipinski definition) is 1. The lowest BCUT2D eigenvalue weighted by atomic mass is 10.1. The molecule has 6 nitrogen and oxygen atoms in total. The molecule has 1 amide bonds. The van der Waals surface area contributed by atoms with Crippen molar-refractivity contribution in [1.29, 1.82) is 0 Å². The second-order valence-corrected chi connectivity index (χ2v) is 9.33. The van der Waals surface area contributed by atoms with E-state index in [-0.39, 0.29) is 12.5 Å². The summed E-state index contributed by atoms with van der Waals surface area (Å²) in [5.41, 5.74) is 4.71. The third-order valence-electron chi connectivity index (χ3n) is 4.70. The number of sulfonamides is 1. The van der Waals surface area contributed by atoms with Gasteiger partial charge in [0.1, 0.15) is 18.4 Å². The van der Waals surface area contributed by atoms with Crippen molar-refractivity contribution in [1.82, 2.24) is 5.32 Å². The van der Waals surface area contributed by atoms with E-state index in [0.29, 0.717) is 12.3 Å². The molecule has 2 aromatic carbocycles. The van der Waals surface area contributed by atoms with Crippen LogP contribution in [0.5, 0.6) is 5.75 Å². The molecule has 0 aliphatic heterocycles. The number of rotatable bonds is 8. The first-order valence-electron chi connectivity index (χ1n) is 9.54. The van der Waals surface area contributed by atoms with Crippen LogP contribution in [0.1, 0.15) is 29.2 Å². The standard InChI is InChI=1S/C22H30N2O4S/c1-15-11-16(2)13-21(12-15)28-10-9-23-22(25)19(5)24(29(6,26)27)20-8-7-17(3)18(4)14-20/h7-8,11-14,19H,9-10H2,1-6H3,(H,23,25). The van der Waals surface area contributed by atoms with Crippen molar-refractivity contribution in [2.75, 3.05) is 23.7 Å². The van der Waals surface area contributed by atoms with E-state index >= 15 is 0 Å². The van der Waals surface area contributed by atoms with E-state index in [1.807, 2.05) is 45.9 Å². The normalized spacial score (nSPS) is 12.3. The van der Waals surface area contributed by atoms with Crippen LogP contribution >= 0.6 is 0 Å². The van der Waals surface area contributed by atoms with Crippen LogP contribution in [-0.2, 0) is 14.8 Å². The monoisotopic (exact) mass is 418 g/mol. The fraction of sp³-hybridized carbons (Fsp3) is 0.409. The molecule has 7 heteroatoms. The Morgan fingerprint density at radius 2 is 1.66 bits per heavy atom. The Bertz CT molecular complexity index is 966. The Morgan fingerprint density at radius 1 is 1.03 bits per heavy atom. The third kappa shape index (κ3) is 6.22. The predicted octanol–water partition coefficient (Wildman–Crippen LogP) is 3.27. The molecule has 1 N–H and O–H groups in total. The minimum absolute atomic E-state index is 0.278. The van der Waals surface area contributed by atoms with Crippen LogP contribution < -0.4 is 14.4 Å². The molecule has 0 saturated carbocycles. The number of hydrogen-bond acceptors (Lipinski definition) is 4. The highest BCUT2D eigenvalue weighted by atomic mass is 32.2. The SMILES string of the molecule is Cc1cc(C)cc(OCCNC(=O)C(C)N(c2ccc(C)c(C)c2)S(C)(=O)=O)c1. The molecule has 0 aromatic heterocycles. The minimum atomic E-state index is -3.63. The Kier molecular flexibility index (Phi) is 7.30. The highest BCUT2D eigenvalue weighted by molar-refractivity contribution is 7.92. The summed E-state index contributed by atoms with van der Waals surface area (Å²) in [7, 11) is -3.63. The lowest BCUT2D eigenvalue weighted by molar-refractivity contribution is -0.121. The second kappa shape index (κ2) is 9.31. The van der Waals surface area contributed by atoms with Crippen LogP contribution in [0.4, 0.5) is 5.69 Å². The number of nitrogens with zero attached hydrogens (tertiary/aromatic N) is 1. The van der Waals surface area contributed by atoms with Gasteiger partial charge in [-0.2, -0.15) is 0 Å². The summed E-state index contributed by atoms with van der Waals surface area (Å²) in [6.45, 7) is 10.0. The van der Waals surface area contributed by atoms with Crippen molar-refractivity contribution in [3.8, 4) is 5.75 Å². The van der Waals surface area contributed by atoms with Crippen molar-refractivity contribution in [2.24, 2.45) is 0 Å². The van der Waals surface area contributed by atoms with E-state index in [4.69, 9.17) is 4.74 Å². The van der Waals surface area contributed by atoms with E-state index in [1.54, 1.807) is 19.1 Å². The van der Waals surface area contributed by atoms with Gasteiger partial charge in [0.2, 0.25) is 15.9 Å². The Hall–Kier alpha value is -2.54. The molecular weight excluding hydrogens is 388 g/mol. The maximum atomic E-state index is 12.6. The fourth-order valence-corrected chi connectivity index (χ4v) is 4.35. The van der Waals surface area contributed by atoms with E-state index in [9.17, 15) is 13.2 Å². The van der Waals surface area contributed by atoms with Crippen LogP contribution in [0.3, 0.4) is 0 Å². The van der Waals surface area contributed by atoms with E-state index in [2.05, 4.69) is 11.4 Å². The highest BCUT2D eigenvalue weighted by Gasteiger charge is 2.29. The van der Waals surface area contributed by atoms with Gasteiger partial charge in [-0.1, -0.05) is 12.1 Å². The third-order valence-corrected chi connectivity index (χ3v) is 5.94. The first-order chi connectivity index (χ1) is 13.5. The number of anilines is 1. The number of nitrogens with one attached hydrogen (secondary N) is 1. The van der Waals surface area contributed by atoms with Crippen molar-refractivity contribution in [2.45, 2.75) is 40.7 Å². The van der Waals surface area contributed by atoms with E-state index in [0.717, 1.165) is 38.6 Å². The van der Waals surface area contributed by atoms with Gasteiger partial charge in [0.05, 0.1) is 18.5 Å². The second-order valence-electron chi connectivity index (χ2n) is 7.47. The number of carbonyl (C=O) groups excluding carboxylic acids is 1. The number of benzene rings is 2. The molecule has 1 atom stereocenters. The summed E-state index contributed by atoms with van der Waals surface area (Å²) in [5, 5.41) is 2.76. The first kappa shape index (κ1) is 22.7. The van der Waals surface area contributed by atoms with Crippen molar-refractivity contribution < 1.29 is 17.9 Å². The molecule has 0 saturated heterocycles. The molecule has 0 heterocycles. The van der Waals surface area contributed by atoms with Crippen LogP contribution in [-0.4, -0.2) is 39.8 Å². The molecule has 158 valence electrons. The largest absolute Gasteiger partial charge is 0.492 e. The van der Waals surface area contributed by atoms with Gasteiger partial charge < -0.3 is 10.1 Å². The number of aryl methyl sites for hydroxylation is 4. The van der Waals surface area contributed by atoms with Crippen molar-refractivity contribution >= 4 is 21.6 Å². The Balaban J connectivity index is 2.02. The maximum absolute atomic E-state index is 12.6. The Morgan fingerprint density at radius 3 is 2.21 bits per heavy atom. The number of carbonyl (C=O) groups is 1. The molecule has 1 unspecified atom stereocenters. The quantitative estimate of drug-likeness (QED) is 0.668. The molecule has 0 spiro atoms. The maximum Gasteiger partial charge on any atom is 0.243 e. The topological polar surface area (TPSA) is 75.7 Å². The summed E-state index contributed by atoms with van der Waals surface area (Å²) in [6, 6.07) is 10.4. The number of ether oxygens (including phenoxy) is 1. The van der Waals surface area contributed by atoms with Crippen molar-refractivity contribution in [3.05, 3.63) is 58.7 Å².